The minimum Gasteiger partial charge on any atom is -0.292 e. The summed E-state index contributed by atoms with van der Waals surface area (Å²) in [5.41, 5.74) is 11.5. The van der Waals surface area contributed by atoms with Crippen molar-refractivity contribution in [1.82, 2.24) is 23.9 Å². The Kier molecular flexibility index (Phi) is 5.99. The van der Waals surface area contributed by atoms with Gasteiger partial charge in [0.2, 0.25) is 5.95 Å². The van der Waals surface area contributed by atoms with Crippen LogP contribution in [0.1, 0.15) is 0 Å². The second kappa shape index (κ2) is 11.1. The van der Waals surface area contributed by atoms with E-state index in [0.29, 0.717) is 5.95 Å². The van der Waals surface area contributed by atoms with Crippen molar-refractivity contribution in [3.63, 3.8) is 0 Å². The summed E-state index contributed by atoms with van der Waals surface area (Å²) in [5, 5.41) is 9.32. The molecule has 8 aromatic carbocycles. The van der Waals surface area contributed by atoms with Crippen LogP contribution in [0.4, 0.5) is 0 Å². The molecule has 5 heteroatoms. The number of nitrogens with zero attached hydrogens (tertiary/aromatic N) is 5. The molecule has 12 aromatic rings. The highest BCUT2D eigenvalue weighted by atomic mass is 15.2. The molecule has 12 rings (SSSR count). The molecule has 0 spiro atoms. The lowest BCUT2D eigenvalue weighted by Gasteiger charge is -2.13. The number of aromatic nitrogens is 5. The van der Waals surface area contributed by atoms with Gasteiger partial charge in [-0.15, -0.1) is 0 Å². The summed E-state index contributed by atoms with van der Waals surface area (Å²) in [6.45, 7) is 0. The zero-order valence-corrected chi connectivity index (χ0v) is 29.0. The van der Waals surface area contributed by atoms with Crippen LogP contribution in [0.2, 0.25) is 0 Å². The monoisotopic (exact) mass is 687 g/mol. The predicted molar refractivity (Wildman–Crippen MR) is 224 cm³/mol. The first kappa shape index (κ1) is 29.2. The molecule has 0 aliphatic heterocycles. The van der Waals surface area contributed by atoms with Gasteiger partial charge in [-0.1, -0.05) is 140 Å². The Balaban J connectivity index is 1.13. The number of benzene rings is 8. The van der Waals surface area contributed by atoms with E-state index in [4.69, 9.17) is 15.0 Å². The zero-order valence-electron chi connectivity index (χ0n) is 29.0. The van der Waals surface area contributed by atoms with E-state index < -0.39 is 0 Å². The number of fused-ring (bicyclic) bond motifs is 13. The van der Waals surface area contributed by atoms with Crippen molar-refractivity contribution in [2.45, 2.75) is 0 Å². The predicted octanol–water partition coefficient (Wildman–Crippen LogP) is 12.3. The summed E-state index contributed by atoms with van der Waals surface area (Å²) >= 11 is 0. The van der Waals surface area contributed by atoms with E-state index in [1.165, 1.54) is 32.7 Å². The van der Waals surface area contributed by atoms with E-state index in [9.17, 15) is 0 Å². The Morgan fingerprint density at radius 1 is 0.352 bits per heavy atom. The smallest absolute Gasteiger partial charge is 0.235 e. The molecule has 0 saturated heterocycles. The molecule has 0 radical (unpaired) electrons. The van der Waals surface area contributed by atoms with Gasteiger partial charge in [0.1, 0.15) is 5.65 Å². The molecule has 0 amide bonds. The first-order valence-electron chi connectivity index (χ1n) is 18.3. The number of pyridine rings is 1. The fourth-order valence-corrected chi connectivity index (χ4v) is 8.65. The van der Waals surface area contributed by atoms with Crippen LogP contribution in [0, 0.1) is 0 Å². The number of hydrogen-bond donors (Lipinski definition) is 0. The average molecular weight is 688 g/mol. The third-order valence-corrected chi connectivity index (χ3v) is 11.1. The number of hydrogen-bond acceptors (Lipinski definition) is 3. The van der Waals surface area contributed by atoms with Crippen LogP contribution in [0.25, 0.3) is 110 Å². The number of rotatable bonds is 3. The standard InChI is InChI=1S/C49H29N5/c1-2-14-33-30(12-1)13-11-19-34(33)31-24-26-32(27-25-31)47-38-18-5-7-20-41(38)51-49(52-47)54-43-22-9-6-16-36(43)40-28-39-35-15-3-4-17-37(35)48-50-42-21-8-10-23-44(42)53(48)45(39)29-46(40)54/h1-29H. The van der Waals surface area contributed by atoms with Gasteiger partial charge in [-0.05, 0) is 63.7 Å². The highest BCUT2D eigenvalue weighted by Crippen LogP contribution is 2.40. The SMILES string of the molecule is c1ccc2c(-c3ccc(-c4nc(-n5c6ccccc6c6cc7c8ccccc8c8nc9ccccc9n8c7cc65)nc5ccccc45)cc3)cccc2c1. The maximum atomic E-state index is 5.43. The first-order valence-corrected chi connectivity index (χ1v) is 18.3. The highest BCUT2D eigenvalue weighted by molar-refractivity contribution is 6.20. The van der Waals surface area contributed by atoms with Crippen LogP contribution in [-0.2, 0) is 0 Å². The summed E-state index contributed by atoms with van der Waals surface area (Å²) in [5.74, 6) is 0.639. The minimum atomic E-state index is 0.639. The van der Waals surface area contributed by atoms with Gasteiger partial charge in [-0.25, -0.2) is 15.0 Å². The summed E-state index contributed by atoms with van der Waals surface area (Å²) in [6.07, 6.45) is 0. The van der Waals surface area contributed by atoms with Crippen LogP contribution >= 0.6 is 0 Å². The first-order chi connectivity index (χ1) is 26.8. The van der Waals surface area contributed by atoms with Crippen molar-refractivity contribution in [1.29, 1.82) is 0 Å². The third kappa shape index (κ3) is 4.12. The Labute approximate surface area is 309 Å². The van der Waals surface area contributed by atoms with Crippen LogP contribution in [0.3, 0.4) is 0 Å². The fourth-order valence-electron chi connectivity index (χ4n) is 8.65. The molecule has 0 saturated carbocycles. The van der Waals surface area contributed by atoms with Crippen LogP contribution in [0.5, 0.6) is 0 Å². The van der Waals surface area contributed by atoms with Crippen molar-refractivity contribution < 1.29 is 0 Å². The summed E-state index contributed by atoms with van der Waals surface area (Å²) in [7, 11) is 0. The lowest BCUT2D eigenvalue weighted by atomic mass is 9.96. The summed E-state index contributed by atoms with van der Waals surface area (Å²) in [6, 6.07) is 62.5. The van der Waals surface area contributed by atoms with E-state index >= 15 is 0 Å². The Morgan fingerprint density at radius 3 is 1.83 bits per heavy atom. The topological polar surface area (TPSA) is 48.0 Å². The van der Waals surface area contributed by atoms with Gasteiger partial charge in [-0.3, -0.25) is 8.97 Å². The van der Waals surface area contributed by atoms with Gasteiger partial charge in [0, 0.05) is 32.5 Å². The van der Waals surface area contributed by atoms with Crippen molar-refractivity contribution >= 4 is 81.8 Å². The van der Waals surface area contributed by atoms with E-state index in [-0.39, 0.29) is 0 Å². The number of para-hydroxylation sites is 4. The largest absolute Gasteiger partial charge is 0.292 e. The van der Waals surface area contributed by atoms with E-state index in [1.807, 2.05) is 0 Å². The molecule has 0 unspecified atom stereocenters. The molecule has 0 aliphatic rings. The van der Waals surface area contributed by atoms with E-state index in [2.05, 4.69) is 185 Å². The Bertz CT molecular complexity index is 3490. The zero-order chi connectivity index (χ0) is 35.3. The summed E-state index contributed by atoms with van der Waals surface area (Å²) in [4.78, 5) is 15.8. The van der Waals surface area contributed by atoms with Crippen LogP contribution in [0.15, 0.2) is 176 Å². The normalized spacial score (nSPS) is 12.1. The van der Waals surface area contributed by atoms with Gasteiger partial charge in [0.15, 0.2) is 0 Å². The van der Waals surface area contributed by atoms with Gasteiger partial charge < -0.3 is 0 Å². The molecule has 0 aliphatic carbocycles. The van der Waals surface area contributed by atoms with Gasteiger partial charge >= 0.3 is 0 Å². The minimum absolute atomic E-state index is 0.639. The van der Waals surface area contributed by atoms with Crippen LogP contribution in [-0.4, -0.2) is 23.9 Å². The van der Waals surface area contributed by atoms with Gasteiger partial charge in [0.05, 0.1) is 38.8 Å². The molecule has 5 nitrogen and oxygen atoms in total. The second-order valence-corrected chi connectivity index (χ2v) is 14.0. The maximum absolute atomic E-state index is 5.43. The molecule has 4 heterocycles. The highest BCUT2D eigenvalue weighted by Gasteiger charge is 2.21. The molecular weight excluding hydrogens is 659 g/mol. The quantitative estimate of drug-likeness (QED) is 0.174. The molecule has 250 valence electrons. The Hall–Kier alpha value is -7.37. The molecule has 54 heavy (non-hydrogen) atoms. The lowest BCUT2D eigenvalue weighted by Crippen LogP contribution is -2.03. The van der Waals surface area contributed by atoms with E-state index in [1.54, 1.807) is 0 Å². The van der Waals surface area contributed by atoms with Gasteiger partial charge in [0.25, 0.3) is 0 Å². The molecule has 0 bridgehead atoms. The molecule has 0 N–H and O–H groups in total. The molecular formula is C49H29N5. The van der Waals surface area contributed by atoms with Crippen molar-refractivity contribution in [2.75, 3.05) is 0 Å². The maximum Gasteiger partial charge on any atom is 0.235 e. The van der Waals surface area contributed by atoms with Crippen molar-refractivity contribution in [3.05, 3.63) is 176 Å². The third-order valence-electron chi connectivity index (χ3n) is 11.1. The van der Waals surface area contributed by atoms with Crippen molar-refractivity contribution in [2.24, 2.45) is 0 Å². The molecule has 0 atom stereocenters. The van der Waals surface area contributed by atoms with E-state index in [0.717, 1.165) is 71.5 Å². The fraction of sp³-hybridized carbons (Fsp3) is 0. The van der Waals surface area contributed by atoms with Crippen molar-refractivity contribution in [3.8, 4) is 28.3 Å². The van der Waals surface area contributed by atoms with Gasteiger partial charge in [-0.2, -0.15) is 0 Å². The molecule has 0 fully saturated rings. The number of imidazole rings is 1. The average Bonchev–Trinajstić information content (AvgIpc) is 3.79. The molecule has 4 aromatic heterocycles. The van der Waals surface area contributed by atoms with Crippen LogP contribution < -0.4 is 0 Å². The lowest BCUT2D eigenvalue weighted by molar-refractivity contribution is 1.01. The second-order valence-electron chi connectivity index (χ2n) is 14.0. The summed E-state index contributed by atoms with van der Waals surface area (Å²) < 4.78 is 4.56. The Morgan fingerprint density at radius 2 is 0.981 bits per heavy atom.